The number of hydrogen-bond donors (Lipinski definition) is 2. The van der Waals surface area contributed by atoms with Gasteiger partial charge in [-0.05, 0) is 36.2 Å². The molecule has 146 valence electrons. The van der Waals surface area contributed by atoms with Crippen molar-refractivity contribution < 1.29 is 19.1 Å². The SMILES string of the molecule is CC[C@@H](OC[C@@H](O)C[NH+]1CCN(c2ccc(F)cc2)CC1)c1ccccc1. The average Bonchev–Trinajstić information content (AvgIpc) is 2.70. The Labute approximate surface area is 161 Å². The lowest BCUT2D eigenvalue weighted by atomic mass is 10.1. The minimum atomic E-state index is -0.463. The normalized spacial score (nSPS) is 17.7. The van der Waals surface area contributed by atoms with E-state index < -0.39 is 6.10 Å². The van der Waals surface area contributed by atoms with Crippen LogP contribution in [-0.2, 0) is 4.74 Å². The van der Waals surface area contributed by atoms with Crippen molar-refractivity contribution in [3.05, 3.63) is 66.0 Å². The van der Waals surface area contributed by atoms with E-state index in [0.29, 0.717) is 13.2 Å². The van der Waals surface area contributed by atoms with Gasteiger partial charge in [-0.3, -0.25) is 0 Å². The van der Waals surface area contributed by atoms with Crippen LogP contribution in [0.4, 0.5) is 10.1 Å². The summed E-state index contributed by atoms with van der Waals surface area (Å²) in [7, 11) is 0. The van der Waals surface area contributed by atoms with Gasteiger partial charge in [-0.25, -0.2) is 4.39 Å². The summed E-state index contributed by atoms with van der Waals surface area (Å²) >= 11 is 0. The molecule has 3 rings (SSSR count). The van der Waals surface area contributed by atoms with Crippen molar-refractivity contribution >= 4 is 5.69 Å². The van der Waals surface area contributed by atoms with Gasteiger partial charge in [0.15, 0.2) is 0 Å². The molecule has 0 unspecified atom stereocenters. The van der Waals surface area contributed by atoms with E-state index in [9.17, 15) is 9.50 Å². The van der Waals surface area contributed by atoms with Crippen molar-refractivity contribution in [1.82, 2.24) is 0 Å². The van der Waals surface area contributed by atoms with E-state index in [1.807, 2.05) is 30.3 Å². The van der Waals surface area contributed by atoms with Crippen LogP contribution >= 0.6 is 0 Å². The molecule has 5 heteroatoms. The fourth-order valence-corrected chi connectivity index (χ4v) is 3.67. The quantitative estimate of drug-likeness (QED) is 0.744. The van der Waals surface area contributed by atoms with Crippen LogP contribution in [0.2, 0.25) is 0 Å². The molecule has 2 N–H and O–H groups in total. The van der Waals surface area contributed by atoms with E-state index in [4.69, 9.17) is 4.74 Å². The Bertz CT molecular complexity index is 672. The number of rotatable bonds is 8. The third-order valence-electron chi connectivity index (χ3n) is 5.22. The highest BCUT2D eigenvalue weighted by atomic mass is 19.1. The maximum absolute atomic E-state index is 13.1. The van der Waals surface area contributed by atoms with E-state index in [2.05, 4.69) is 24.0 Å². The first-order valence-corrected chi connectivity index (χ1v) is 9.84. The summed E-state index contributed by atoms with van der Waals surface area (Å²) in [5.41, 5.74) is 2.22. The monoisotopic (exact) mass is 373 g/mol. The van der Waals surface area contributed by atoms with Gasteiger partial charge in [0.2, 0.25) is 0 Å². The number of nitrogens with one attached hydrogen (secondary N) is 1. The molecule has 0 aromatic heterocycles. The number of nitrogens with zero attached hydrogens (tertiary/aromatic N) is 1. The molecule has 0 saturated carbocycles. The molecule has 0 spiro atoms. The molecule has 1 aliphatic rings. The fraction of sp³-hybridized carbons (Fsp3) is 0.455. The molecular weight excluding hydrogens is 343 g/mol. The predicted octanol–water partition coefficient (Wildman–Crippen LogP) is 2.06. The second-order valence-electron chi connectivity index (χ2n) is 7.21. The van der Waals surface area contributed by atoms with Crippen LogP contribution in [0, 0.1) is 5.82 Å². The zero-order chi connectivity index (χ0) is 19.1. The summed E-state index contributed by atoms with van der Waals surface area (Å²) in [5, 5.41) is 10.4. The summed E-state index contributed by atoms with van der Waals surface area (Å²) in [5.74, 6) is -0.202. The van der Waals surface area contributed by atoms with Crippen molar-refractivity contribution in [1.29, 1.82) is 0 Å². The molecular formula is C22H30FN2O2+. The first-order valence-electron chi connectivity index (χ1n) is 9.84. The van der Waals surface area contributed by atoms with Crippen LogP contribution < -0.4 is 9.80 Å². The average molecular weight is 373 g/mol. The minimum Gasteiger partial charge on any atom is -0.385 e. The molecule has 4 nitrogen and oxygen atoms in total. The molecule has 1 heterocycles. The molecule has 0 amide bonds. The largest absolute Gasteiger partial charge is 0.385 e. The Kier molecular flexibility index (Phi) is 7.21. The molecule has 1 aliphatic heterocycles. The molecule has 27 heavy (non-hydrogen) atoms. The topological polar surface area (TPSA) is 37.1 Å². The third-order valence-corrected chi connectivity index (χ3v) is 5.22. The van der Waals surface area contributed by atoms with Crippen LogP contribution in [0.25, 0.3) is 0 Å². The van der Waals surface area contributed by atoms with E-state index in [-0.39, 0.29) is 11.9 Å². The first-order chi connectivity index (χ1) is 13.2. The molecule has 0 aliphatic carbocycles. The second-order valence-corrected chi connectivity index (χ2v) is 7.21. The van der Waals surface area contributed by atoms with Crippen LogP contribution in [0.15, 0.2) is 54.6 Å². The summed E-state index contributed by atoms with van der Waals surface area (Å²) in [6.45, 7) is 6.91. The van der Waals surface area contributed by atoms with Crippen molar-refractivity contribution in [3.63, 3.8) is 0 Å². The van der Waals surface area contributed by atoms with E-state index in [1.165, 1.54) is 17.0 Å². The second kappa shape index (κ2) is 9.83. The standard InChI is InChI=1S/C22H29FN2O2/c1-2-22(18-6-4-3-5-7-18)27-17-21(26)16-24-12-14-25(15-13-24)20-10-8-19(23)9-11-20/h3-11,21-22,26H,2,12-17H2,1H3/p+1/t21-,22+/m0/s1. The van der Waals surface area contributed by atoms with E-state index in [1.54, 1.807) is 0 Å². The van der Waals surface area contributed by atoms with E-state index >= 15 is 0 Å². The zero-order valence-electron chi connectivity index (χ0n) is 16.0. The number of anilines is 1. The van der Waals surface area contributed by atoms with Crippen molar-refractivity contribution in [2.45, 2.75) is 25.6 Å². The van der Waals surface area contributed by atoms with Gasteiger partial charge in [-0.2, -0.15) is 0 Å². The number of aliphatic hydroxyl groups is 1. The number of quaternary nitrogens is 1. The van der Waals surface area contributed by atoms with Gasteiger partial charge in [0.1, 0.15) is 18.5 Å². The molecule has 1 fully saturated rings. The molecule has 1 saturated heterocycles. The first kappa shape index (κ1) is 19.8. The van der Waals surface area contributed by atoms with Crippen LogP contribution in [-0.4, -0.2) is 50.5 Å². The molecule has 0 radical (unpaired) electrons. The van der Waals surface area contributed by atoms with Crippen LogP contribution in [0.1, 0.15) is 25.0 Å². The number of aliphatic hydroxyl groups excluding tert-OH is 1. The summed E-state index contributed by atoms with van der Waals surface area (Å²) < 4.78 is 19.0. The Balaban J connectivity index is 1.41. The maximum atomic E-state index is 13.1. The lowest BCUT2D eigenvalue weighted by Gasteiger charge is -2.34. The lowest BCUT2D eigenvalue weighted by Crippen LogP contribution is -3.16. The van der Waals surface area contributed by atoms with Gasteiger partial charge in [-0.15, -0.1) is 0 Å². The molecule has 0 bridgehead atoms. The van der Waals surface area contributed by atoms with E-state index in [0.717, 1.165) is 43.9 Å². The Morgan fingerprint density at radius 2 is 1.74 bits per heavy atom. The summed E-state index contributed by atoms with van der Waals surface area (Å²) in [6.07, 6.45) is 0.459. The minimum absolute atomic E-state index is 0.0335. The van der Waals surface area contributed by atoms with Crippen molar-refractivity contribution in [2.75, 3.05) is 44.2 Å². The third kappa shape index (κ3) is 5.76. The number of piperazine rings is 1. The van der Waals surface area contributed by atoms with Crippen LogP contribution in [0.3, 0.4) is 0 Å². The lowest BCUT2D eigenvalue weighted by molar-refractivity contribution is -0.903. The number of ether oxygens (including phenoxy) is 1. The van der Waals surface area contributed by atoms with Gasteiger partial charge in [-0.1, -0.05) is 37.3 Å². The van der Waals surface area contributed by atoms with Crippen molar-refractivity contribution in [2.24, 2.45) is 0 Å². The predicted molar refractivity (Wildman–Crippen MR) is 106 cm³/mol. The molecule has 2 atom stereocenters. The number of benzene rings is 2. The van der Waals surface area contributed by atoms with Gasteiger partial charge < -0.3 is 19.6 Å². The van der Waals surface area contributed by atoms with Gasteiger partial charge in [0.25, 0.3) is 0 Å². The fourth-order valence-electron chi connectivity index (χ4n) is 3.67. The summed E-state index contributed by atoms with van der Waals surface area (Å²) in [4.78, 5) is 3.66. The maximum Gasteiger partial charge on any atom is 0.126 e. The highest BCUT2D eigenvalue weighted by molar-refractivity contribution is 5.46. The Morgan fingerprint density at radius 3 is 2.37 bits per heavy atom. The van der Waals surface area contributed by atoms with Gasteiger partial charge in [0, 0.05) is 5.69 Å². The number of hydrogen-bond acceptors (Lipinski definition) is 3. The molecule has 2 aromatic rings. The van der Waals surface area contributed by atoms with Gasteiger partial charge >= 0.3 is 0 Å². The van der Waals surface area contributed by atoms with Gasteiger partial charge in [0.05, 0.1) is 38.9 Å². The van der Waals surface area contributed by atoms with Crippen molar-refractivity contribution in [3.8, 4) is 0 Å². The number of halogens is 1. The molecule has 2 aromatic carbocycles. The Morgan fingerprint density at radius 1 is 1.07 bits per heavy atom. The summed E-state index contributed by atoms with van der Waals surface area (Å²) in [6, 6.07) is 16.8. The zero-order valence-corrected chi connectivity index (χ0v) is 16.0. The Hall–Kier alpha value is -1.95. The highest BCUT2D eigenvalue weighted by Gasteiger charge is 2.23. The van der Waals surface area contributed by atoms with Crippen LogP contribution in [0.5, 0.6) is 0 Å². The highest BCUT2D eigenvalue weighted by Crippen LogP contribution is 2.20. The smallest absolute Gasteiger partial charge is 0.126 e.